The van der Waals surface area contributed by atoms with E-state index in [2.05, 4.69) is 5.32 Å². The standard InChI is InChI=1S/C17H17N3O3S/c1-20(2)24(22,23)16-8-6-15(7-9-16)17(21)19-12-14-5-3-4-13(10-14)11-18/h3-10H,12H2,1-2H3,(H,19,21). The Hall–Kier alpha value is -2.69. The van der Waals surface area contributed by atoms with Gasteiger partial charge in [0.25, 0.3) is 5.91 Å². The lowest BCUT2D eigenvalue weighted by Crippen LogP contribution is -2.24. The second-order valence-electron chi connectivity index (χ2n) is 5.31. The smallest absolute Gasteiger partial charge is 0.251 e. The number of amides is 1. The minimum Gasteiger partial charge on any atom is -0.348 e. The second-order valence-corrected chi connectivity index (χ2v) is 7.46. The quantitative estimate of drug-likeness (QED) is 0.895. The predicted molar refractivity (Wildman–Crippen MR) is 89.6 cm³/mol. The van der Waals surface area contributed by atoms with Gasteiger partial charge in [-0.15, -0.1) is 0 Å². The van der Waals surface area contributed by atoms with E-state index in [9.17, 15) is 13.2 Å². The summed E-state index contributed by atoms with van der Waals surface area (Å²) in [6.07, 6.45) is 0. The molecule has 0 fully saturated rings. The maximum absolute atomic E-state index is 12.1. The van der Waals surface area contributed by atoms with Gasteiger partial charge in [0.2, 0.25) is 10.0 Å². The number of nitriles is 1. The van der Waals surface area contributed by atoms with Crippen LogP contribution in [0.2, 0.25) is 0 Å². The van der Waals surface area contributed by atoms with Crippen LogP contribution in [-0.2, 0) is 16.6 Å². The average molecular weight is 343 g/mol. The Morgan fingerprint density at radius 3 is 2.42 bits per heavy atom. The lowest BCUT2D eigenvalue weighted by atomic mass is 10.1. The molecule has 1 N–H and O–H groups in total. The Bertz CT molecular complexity index is 882. The number of hydrogen-bond donors (Lipinski definition) is 1. The van der Waals surface area contributed by atoms with Crippen LogP contribution < -0.4 is 5.32 Å². The molecule has 2 aromatic carbocycles. The summed E-state index contributed by atoms with van der Waals surface area (Å²) in [6, 6.07) is 14.7. The highest BCUT2D eigenvalue weighted by atomic mass is 32.2. The maximum atomic E-state index is 12.1. The summed E-state index contributed by atoms with van der Waals surface area (Å²) >= 11 is 0. The minimum absolute atomic E-state index is 0.130. The lowest BCUT2D eigenvalue weighted by molar-refractivity contribution is 0.0951. The van der Waals surface area contributed by atoms with Gasteiger partial charge >= 0.3 is 0 Å². The van der Waals surface area contributed by atoms with Crippen molar-refractivity contribution in [2.45, 2.75) is 11.4 Å². The zero-order valence-electron chi connectivity index (χ0n) is 13.4. The summed E-state index contributed by atoms with van der Waals surface area (Å²) in [5.41, 5.74) is 1.71. The largest absolute Gasteiger partial charge is 0.348 e. The first-order valence-corrected chi connectivity index (χ1v) is 8.58. The third-order valence-electron chi connectivity index (χ3n) is 3.40. The average Bonchev–Trinajstić information content (AvgIpc) is 2.59. The maximum Gasteiger partial charge on any atom is 0.251 e. The monoisotopic (exact) mass is 343 g/mol. The molecule has 2 aromatic rings. The highest BCUT2D eigenvalue weighted by molar-refractivity contribution is 7.89. The highest BCUT2D eigenvalue weighted by Gasteiger charge is 2.17. The number of sulfonamides is 1. The lowest BCUT2D eigenvalue weighted by Gasteiger charge is -2.11. The molecule has 2 rings (SSSR count). The van der Waals surface area contributed by atoms with Crippen molar-refractivity contribution in [2.75, 3.05) is 14.1 Å². The van der Waals surface area contributed by atoms with Gasteiger partial charge in [-0.2, -0.15) is 5.26 Å². The van der Waals surface area contributed by atoms with Crippen molar-refractivity contribution in [3.63, 3.8) is 0 Å². The van der Waals surface area contributed by atoms with Crippen molar-refractivity contribution in [2.24, 2.45) is 0 Å². The molecule has 0 spiro atoms. The Morgan fingerprint density at radius 2 is 1.83 bits per heavy atom. The Labute approximate surface area is 141 Å². The van der Waals surface area contributed by atoms with Gasteiger partial charge in [0.15, 0.2) is 0 Å². The number of nitrogens with one attached hydrogen (secondary N) is 1. The Morgan fingerprint density at radius 1 is 1.17 bits per heavy atom. The molecule has 0 heterocycles. The number of rotatable bonds is 5. The summed E-state index contributed by atoms with van der Waals surface area (Å²) < 4.78 is 25.1. The molecule has 1 amide bonds. The zero-order valence-corrected chi connectivity index (χ0v) is 14.2. The first-order chi connectivity index (χ1) is 11.3. The number of nitrogens with zero attached hydrogens (tertiary/aromatic N) is 2. The van der Waals surface area contributed by atoms with Crippen molar-refractivity contribution >= 4 is 15.9 Å². The molecular weight excluding hydrogens is 326 g/mol. The topological polar surface area (TPSA) is 90.3 Å². The third kappa shape index (κ3) is 3.98. The van der Waals surface area contributed by atoms with Crippen LogP contribution in [0.3, 0.4) is 0 Å². The Kier molecular flexibility index (Phi) is 5.34. The van der Waals surface area contributed by atoms with Crippen molar-refractivity contribution in [3.8, 4) is 6.07 Å². The summed E-state index contributed by atoms with van der Waals surface area (Å²) in [5, 5.41) is 11.6. The van der Waals surface area contributed by atoms with Crippen LogP contribution in [0.5, 0.6) is 0 Å². The molecule has 0 aromatic heterocycles. The molecule has 0 unspecified atom stereocenters. The van der Waals surface area contributed by atoms with E-state index in [0.717, 1.165) is 9.87 Å². The number of carbonyl (C=O) groups is 1. The second kappa shape index (κ2) is 7.25. The van der Waals surface area contributed by atoms with E-state index in [1.165, 1.54) is 38.4 Å². The first kappa shape index (κ1) is 17.7. The van der Waals surface area contributed by atoms with Crippen molar-refractivity contribution in [1.82, 2.24) is 9.62 Å². The summed E-state index contributed by atoms with van der Waals surface area (Å²) in [7, 11) is -0.612. The molecule has 0 aliphatic rings. The van der Waals surface area contributed by atoms with Crippen LogP contribution in [-0.4, -0.2) is 32.7 Å². The molecule has 0 saturated carbocycles. The van der Waals surface area contributed by atoms with E-state index < -0.39 is 10.0 Å². The van der Waals surface area contributed by atoms with Crippen LogP contribution in [0.1, 0.15) is 21.5 Å². The van der Waals surface area contributed by atoms with Gasteiger partial charge < -0.3 is 5.32 Å². The van der Waals surface area contributed by atoms with Crippen molar-refractivity contribution in [3.05, 3.63) is 65.2 Å². The van der Waals surface area contributed by atoms with Crippen LogP contribution in [0.15, 0.2) is 53.4 Å². The molecule has 0 atom stereocenters. The SMILES string of the molecule is CN(C)S(=O)(=O)c1ccc(C(=O)NCc2cccc(C#N)c2)cc1. The molecule has 0 saturated heterocycles. The summed E-state index contributed by atoms with van der Waals surface area (Å²) in [6.45, 7) is 0.284. The van der Waals surface area contributed by atoms with Crippen LogP contribution in [0.4, 0.5) is 0 Å². The molecule has 0 radical (unpaired) electrons. The van der Waals surface area contributed by atoms with E-state index >= 15 is 0 Å². The zero-order chi connectivity index (χ0) is 17.7. The highest BCUT2D eigenvalue weighted by Crippen LogP contribution is 2.14. The molecule has 0 bridgehead atoms. The summed E-state index contributed by atoms with van der Waals surface area (Å²) in [5.74, 6) is -0.314. The van der Waals surface area contributed by atoms with Gasteiger partial charge in [-0.1, -0.05) is 12.1 Å². The third-order valence-corrected chi connectivity index (χ3v) is 5.23. The van der Waals surface area contributed by atoms with Gasteiger partial charge in [-0.05, 0) is 42.0 Å². The van der Waals surface area contributed by atoms with Gasteiger partial charge in [-0.3, -0.25) is 4.79 Å². The van der Waals surface area contributed by atoms with Gasteiger partial charge in [0, 0.05) is 26.2 Å². The van der Waals surface area contributed by atoms with E-state index in [0.29, 0.717) is 11.1 Å². The van der Waals surface area contributed by atoms with Gasteiger partial charge in [0.05, 0.1) is 16.5 Å². The van der Waals surface area contributed by atoms with Crippen LogP contribution in [0.25, 0.3) is 0 Å². The van der Waals surface area contributed by atoms with Crippen molar-refractivity contribution in [1.29, 1.82) is 5.26 Å². The normalized spacial score (nSPS) is 11.1. The van der Waals surface area contributed by atoms with Crippen LogP contribution in [0, 0.1) is 11.3 Å². The molecule has 0 aliphatic carbocycles. The van der Waals surface area contributed by atoms with Crippen LogP contribution >= 0.6 is 0 Å². The number of hydrogen-bond acceptors (Lipinski definition) is 4. The molecule has 0 aliphatic heterocycles. The molecule has 6 nitrogen and oxygen atoms in total. The summed E-state index contributed by atoms with van der Waals surface area (Å²) in [4.78, 5) is 12.3. The van der Waals surface area contributed by atoms with E-state index in [-0.39, 0.29) is 17.3 Å². The Balaban J connectivity index is 2.07. The van der Waals surface area contributed by atoms with E-state index in [4.69, 9.17) is 5.26 Å². The molecule has 7 heteroatoms. The fourth-order valence-corrected chi connectivity index (χ4v) is 2.93. The predicted octanol–water partition coefficient (Wildman–Crippen LogP) is 1.74. The fraction of sp³-hybridized carbons (Fsp3) is 0.176. The van der Waals surface area contributed by atoms with E-state index in [1.807, 2.05) is 12.1 Å². The number of benzene rings is 2. The molecule has 24 heavy (non-hydrogen) atoms. The van der Waals surface area contributed by atoms with E-state index in [1.54, 1.807) is 18.2 Å². The molecule has 124 valence electrons. The molecular formula is C17H17N3O3S. The minimum atomic E-state index is -3.51. The first-order valence-electron chi connectivity index (χ1n) is 7.14. The number of carbonyl (C=O) groups excluding carboxylic acids is 1. The van der Waals surface area contributed by atoms with Gasteiger partial charge in [0.1, 0.15) is 0 Å². The fourth-order valence-electron chi connectivity index (χ4n) is 2.02. The van der Waals surface area contributed by atoms with Crippen molar-refractivity contribution < 1.29 is 13.2 Å². The van der Waals surface area contributed by atoms with Gasteiger partial charge in [-0.25, -0.2) is 12.7 Å².